The highest BCUT2D eigenvalue weighted by Crippen LogP contribution is 2.44. The van der Waals surface area contributed by atoms with E-state index in [4.69, 9.17) is 9.47 Å². The van der Waals surface area contributed by atoms with E-state index in [9.17, 15) is 19.1 Å². The molecule has 0 heterocycles. The van der Waals surface area contributed by atoms with Crippen molar-refractivity contribution in [2.24, 2.45) is 0 Å². The minimum Gasteiger partial charge on any atom is -0.507 e. The average molecular weight is 512 g/mol. The second kappa shape index (κ2) is 10.8. The van der Waals surface area contributed by atoms with Gasteiger partial charge in [0.1, 0.15) is 24.2 Å². The quantitative estimate of drug-likeness (QED) is 0.306. The van der Waals surface area contributed by atoms with E-state index in [-0.39, 0.29) is 30.5 Å². The number of ether oxygens (including phenoxy) is 2. The Balaban J connectivity index is 1.29. The molecule has 38 heavy (non-hydrogen) atoms. The van der Waals surface area contributed by atoms with Gasteiger partial charge < -0.3 is 19.9 Å². The summed E-state index contributed by atoms with van der Waals surface area (Å²) in [5.41, 5.74) is 6.17. The standard InChI is InChI=1S/C31H26FNO5/c1-37-30(35)28(17-19-10-15-29(34)26(16-19)20-11-13-21(32)14-12-20)33-31(36)38-18-27-24-8-4-2-6-22(24)23-7-3-5-9-25(23)27/h2-16,27-28,34H,17-18H2,1H3,(H,33,36)/t28-/m0/s1. The van der Waals surface area contributed by atoms with Crippen molar-refractivity contribution in [2.45, 2.75) is 18.4 Å². The van der Waals surface area contributed by atoms with Crippen molar-refractivity contribution in [2.75, 3.05) is 13.7 Å². The maximum Gasteiger partial charge on any atom is 0.407 e. The van der Waals surface area contributed by atoms with E-state index in [1.54, 1.807) is 24.3 Å². The number of benzene rings is 4. The lowest BCUT2D eigenvalue weighted by atomic mass is 9.98. The zero-order valence-electron chi connectivity index (χ0n) is 20.7. The average Bonchev–Trinajstić information content (AvgIpc) is 3.26. The molecule has 0 aliphatic heterocycles. The third-order valence-corrected chi connectivity index (χ3v) is 6.78. The van der Waals surface area contributed by atoms with Crippen LogP contribution in [0.15, 0.2) is 91.0 Å². The molecule has 0 spiro atoms. The molecule has 1 atom stereocenters. The fraction of sp³-hybridized carbons (Fsp3) is 0.161. The van der Waals surface area contributed by atoms with Crippen molar-refractivity contribution < 1.29 is 28.6 Å². The van der Waals surface area contributed by atoms with Crippen molar-refractivity contribution in [1.82, 2.24) is 5.32 Å². The highest BCUT2D eigenvalue weighted by Gasteiger charge is 2.30. The van der Waals surface area contributed by atoms with Crippen molar-refractivity contribution in [3.05, 3.63) is 114 Å². The van der Waals surface area contributed by atoms with E-state index in [1.165, 1.54) is 25.3 Å². The molecule has 1 amide bonds. The smallest absolute Gasteiger partial charge is 0.407 e. The van der Waals surface area contributed by atoms with Gasteiger partial charge in [-0.3, -0.25) is 0 Å². The summed E-state index contributed by atoms with van der Waals surface area (Å²) in [6, 6.07) is 25.6. The molecular formula is C31H26FNO5. The molecule has 0 fully saturated rings. The van der Waals surface area contributed by atoms with E-state index in [0.717, 1.165) is 22.3 Å². The largest absolute Gasteiger partial charge is 0.507 e. The molecule has 7 heteroatoms. The SMILES string of the molecule is COC(=O)[C@H](Cc1ccc(O)c(-c2ccc(F)cc2)c1)NC(=O)OCC1c2ccccc2-c2ccccc21. The Hall–Kier alpha value is -4.65. The molecule has 0 bridgehead atoms. The number of amides is 1. The number of phenolic OH excluding ortho intramolecular Hbond substituents is 1. The summed E-state index contributed by atoms with van der Waals surface area (Å²) in [6.07, 6.45) is -0.634. The Labute approximate surface area is 219 Å². The Morgan fingerprint density at radius 2 is 1.53 bits per heavy atom. The summed E-state index contributed by atoms with van der Waals surface area (Å²) in [7, 11) is 1.25. The molecule has 0 saturated heterocycles. The molecule has 1 aliphatic carbocycles. The molecule has 0 saturated carbocycles. The summed E-state index contributed by atoms with van der Waals surface area (Å²) in [6.45, 7) is 0.113. The van der Waals surface area contributed by atoms with Crippen LogP contribution in [0.1, 0.15) is 22.6 Å². The van der Waals surface area contributed by atoms with Crippen LogP contribution >= 0.6 is 0 Å². The number of aromatic hydroxyl groups is 1. The lowest BCUT2D eigenvalue weighted by molar-refractivity contribution is -0.143. The zero-order valence-corrected chi connectivity index (χ0v) is 20.7. The third-order valence-electron chi connectivity index (χ3n) is 6.78. The predicted octanol–water partition coefficient (Wildman–Crippen LogP) is 5.82. The van der Waals surface area contributed by atoms with Gasteiger partial charge >= 0.3 is 12.1 Å². The monoisotopic (exact) mass is 511 g/mol. The number of nitrogens with one attached hydrogen (secondary N) is 1. The van der Waals surface area contributed by atoms with Crippen molar-refractivity contribution in [3.8, 4) is 28.0 Å². The van der Waals surface area contributed by atoms with Crippen molar-refractivity contribution >= 4 is 12.1 Å². The molecule has 5 rings (SSSR count). The topological polar surface area (TPSA) is 84.9 Å². The molecular weight excluding hydrogens is 485 g/mol. The summed E-state index contributed by atoms with van der Waals surface area (Å²) in [5, 5.41) is 13.0. The lowest BCUT2D eigenvalue weighted by Crippen LogP contribution is -2.43. The predicted molar refractivity (Wildman–Crippen MR) is 141 cm³/mol. The van der Waals surface area contributed by atoms with Crippen LogP contribution in [0.25, 0.3) is 22.3 Å². The fourth-order valence-electron chi connectivity index (χ4n) is 4.92. The fourth-order valence-corrected chi connectivity index (χ4v) is 4.92. The van der Waals surface area contributed by atoms with Gasteiger partial charge in [-0.2, -0.15) is 0 Å². The molecule has 2 N–H and O–H groups in total. The Morgan fingerprint density at radius 1 is 0.895 bits per heavy atom. The van der Waals surface area contributed by atoms with Crippen LogP contribution in [-0.4, -0.2) is 36.9 Å². The van der Waals surface area contributed by atoms with Gasteiger partial charge in [0.25, 0.3) is 0 Å². The van der Waals surface area contributed by atoms with Crippen molar-refractivity contribution in [3.63, 3.8) is 0 Å². The van der Waals surface area contributed by atoms with Crippen LogP contribution < -0.4 is 5.32 Å². The molecule has 4 aromatic rings. The first-order chi connectivity index (χ1) is 18.4. The van der Waals surface area contributed by atoms with Crippen LogP contribution in [0.2, 0.25) is 0 Å². The minimum atomic E-state index is -1.01. The van der Waals surface area contributed by atoms with E-state index >= 15 is 0 Å². The van der Waals surface area contributed by atoms with E-state index in [1.807, 2.05) is 36.4 Å². The molecule has 4 aromatic carbocycles. The summed E-state index contributed by atoms with van der Waals surface area (Å²) in [4.78, 5) is 25.3. The number of halogens is 1. The normalized spacial score (nSPS) is 12.8. The Kier molecular flexibility index (Phi) is 7.09. The van der Waals surface area contributed by atoms with Gasteiger partial charge in [-0.15, -0.1) is 0 Å². The minimum absolute atomic E-state index is 0.0134. The first-order valence-corrected chi connectivity index (χ1v) is 12.2. The maximum atomic E-state index is 13.3. The van der Waals surface area contributed by atoms with E-state index < -0.39 is 18.1 Å². The Morgan fingerprint density at radius 3 is 2.16 bits per heavy atom. The number of hydrogen-bond acceptors (Lipinski definition) is 5. The van der Waals surface area contributed by atoms with Gasteiger partial charge in [-0.1, -0.05) is 66.7 Å². The van der Waals surface area contributed by atoms with Crippen LogP contribution in [0.5, 0.6) is 5.75 Å². The van der Waals surface area contributed by atoms with E-state index in [2.05, 4.69) is 17.4 Å². The van der Waals surface area contributed by atoms with Crippen LogP contribution in [-0.2, 0) is 20.7 Å². The van der Waals surface area contributed by atoms with E-state index in [0.29, 0.717) is 16.7 Å². The molecule has 192 valence electrons. The summed E-state index contributed by atoms with van der Waals surface area (Å²) >= 11 is 0. The Bertz CT molecular complexity index is 1440. The number of esters is 1. The third kappa shape index (κ3) is 5.09. The van der Waals surface area contributed by atoms with Gasteiger partial charge in [0, 0.05) is 17.9 Å². The number of alkyl carbamates (subject to hydrolysis) is 1. The number of carbonyl (C=O) groups excluding carboxylic acids is 2. The lowest BCUT2D eigenvalue weighted by Gasteiger charge is -2.19. The number of carbonyl (C=O) groups is 2. The highest BCUT2D eigenvalue weighted by atomic mass is 19.1. The highest BCUT2D eigenvalue weighted by molar-refractivity contribution is 5.82. The van der Waals surface area contributed by atoms with Gasteiger partial charge in [-0.05, 0) is 57.6 Å². The number of hydrogen-bond donors (Lipinski definition) is 2. The second-order valence-electron chi connectivity index (χ2n) is 9.11. The number of methoxy groups -OCH3 is 1. The molecule has 1 aliphatic rings. The van der Waals surface area contributed by atoms with Gasteiger partial charge in [0.15, 0.2) is 0 Å². The number of rotatable bonds is 7. The first kappa shape index (κ1) is 25.0. The van der Waals surface area contributed by atoms with Gasteiger partial charge in [-0.25, -0.2) is 14.0 Å². The number of phenols is 1. The summed E-state index contributed by atoms with van der Waals surface area (Å²) < 4.78 is 23.8. The molecule has 0 aromatic heterocycles. The molecule has 0 radical (unpaired) electrons. The van der Waals surface area contributed by atoms with Crippen molar-refractivity contribution in [1.29, 1.82) is 0 Å². The van der Waals surface area contributed by atoms with Gasteiger partial charge in [0.2, 0.25) is 0 Å². The second-order valence-corrected chi connectivity index (χ2v) is 9.11. The van der Waals surface area contributed by atoms with Crippen LogP contribution in [0.4, 0.5) is 9.18 Å². The number of fused-ring (bicyclic) bond motifs is 3. The van der Waals surface area contributed by atoms with Crippen LogP contribution in [0.3, 0.4) is 0 Å². The summed E-state index contributed by atoms with van der Waals surface area (Å²) in [5.74, 6) is -1.11. The maximum absolute atomic E-state index is 13.3. The van der Waals surface area contributed by atoms with Gasteiger partial charge in [0.05, 0.1) is 7.11 Å². The molecule has 0 unspecified atom stereocenters. The zero-order chi connectivity index (χ0) is 26.6. The molecule has 6 nitrogen and oxygen atoms in total. The first-order valence-electron chi connectivity index (χ1n) is 12.2. The van der Waals surface area contributed by atoms with Crippen LogP contribution in [0, 0.1) is 5.82 Å².